The van der Waals surface area contributed by atoms with Crippen LogP contribution < -0.4 is 27.4 Å². The molecule has 0 fully saturated rings. The summed E-state index contributed by atoms with van der Waals surface area (Å²) < 4.78 is 43.4. The lowest BCUT2D eigenvalue weighted by Crippen LogP contribution is -2.57. The van der Waals surface area contributed by atoms with Gasteiger partial charge in [0.25, 0.3) is 0 Å². The molecule has 4 aromatic rings. The van der Waals surface area contributed by atoms with Crippen LogP contribution in [0.2, 0.25) is 0 Å². The molecule has 5 rings (SSSR count). The summed E-state index contributed by atoms with van der Waals surface area (Å²) in [5.74, 6) is -1.56. The minimum atomic E-state index is -4.71. The molecule has 3 atom stereocenters. The summed E-state index contributed by atoms with van der Waals surface area (Å²) in [4.78, 5) is 51.6. The van der Waals surface area contributed by atoms with Crippen LogP contribution in [0.15, 0.2) is 76.9 Å². The Morgan fingerprint density at radius 2 is 1.67 bits per heavy atom. The molecule has 278 valence electrons. The Bertz CT molecular complexity index is 1850. The molecule has 0 spiro atoms. The van der Waals surface area contributed by atoms with Crippen molar-refractivity contribution in [2.75, 3.05) is 20.1 Å². The summed E-state index contributed by atoms with van der Waals surface area (Å²) in [7, 11) is 1.48. The first-order chi connectivity index (χ1) is 25.0. The first-order valence-corrected chi connectivity index (χ1v) is 18.2. The molecule has 2 aromatic carbocycles. The maximum atomic E-state index is 14.5. The molecule has 15 heteroatoms. The molecular weight excluding hydrogens is 694 g/mol. The first kappa shape index (κ1) is 38.8. The van der Waals surface area contributed by atoms with Crippen LogP contribution in [0.4, 0.5) is 13.2 Å². The highest BCUT2D eigenvalue weighted by Gasteiger charge is 2.37. The van der Waals surface area contributed by atoms with E-state index in [0.29, 0.717) is 49.4 Å². The quantitative estimate of drug-likeness (QED) is 0.139. The van der Waals surface area contributed by atoms with Crippen molar-refractivity contribution in [1.82, 2.24) is 30.8 Å². The van der Waals surface area contributed by atoms with E-state index in [0.717, 1.165) is 34.3 Å². The molecular formula is C37H45F3N8O3S. The second-order valence-corrected chi connectivity index (χ2v) is 13.8. The molecule has 3 amide bonds. The number of halogens is 3. The van der Waals surface area contributed by atoms with Crippen molar-refractivity contribution in [3.05, 3.63) is 89.2 Å². The predicted molar refractivity (Wildman–Crippen MR) is 194 cm³/mol. The number of nitrogens with one attached hydrogen (secondary N) is 4. The number of aromatic nitrogens is 2. The Hall–Kier alpha value is -4.44. The van der Waals surface area contributed by atoms with Crippen molar-refractivity contribution in [3.8, 4) is 0 Å². The predicted octanol–water partition coefficient (Wildman–Crippen LogP) is 4.24. The summed E-state index contributed by atoms with van der Waals surface area (Å²) in [5, 5.41) is 10.2. The number of nitrogens with zero attached hydrogens (tertiary/aromatic N) is 2. The van der Waals surface area contributed by atoms with Gasteiger partial charge in [-0.25, -0.2) is 4.98 Å². The molecule has 8 N–H and O–H groups in total. The third-order valence-electron chi connectivity index (χ3n) is 9.25. The topological polar surface area (TPSA) is 171 Å². The van der Waals surface area contributed by atoms with Crippen molar-refractivity contribution in [2.45, 2.75) is 85.8 Å². The van der Waals surface area contributed by atoms with Crippen LogP contribution in [0.25, 0.3) is 10.9 Å². The normalized spacial score (nSPS) is 19.5. The van der Waals surface area contributed by atoms with Gasteiger partial charge in [-0.05, 0) is 86.1 Å². The van der Waals surface area contributed by atoms with Gasteiger partial charge in [-0.15, -0.1) is 0 Å². The Labute approximate surface area is 304 Å². The van der Waals surface area contributed by atoms with Gasteiger partial charge in [-0.3, -0.25) is 14.4 Å². The van der Waals surface area contributed by atoms with Gasteiger partial charge >= 0.3 is 6.18 Å². The highest BCUT2D eigenvalue weighted by Crippen LogP contribution is 2.39. The van der Waals surface area contributed by atoms with E-state index in [1.54, 1.807) is 30.6 Å². The Balaban J connectivity index is 1.60. The Kier molecular flexibility index (Phi) is 13.3. The fourth-order valence-corrected chi connectivity index (χ4v) is 7.42. The van der Waals surface area contributed by atoms with Gasteiger partial charge in [0.15, 0.2) is 0 Å². The lowest BCUT2D eigenvalue weighted by Gasteiger charge is -2.32. The minimum absolute atomic E-state index is 0.0576. The summed E-state index contributed by atoms with van der Waals surface area (Å²) in [6, 6.07) is 12.0. The molecule has 0 saturated heterocycles. The van der Waals surface area contributed by atoms with E-state index in [4.69, 9.17) is 11.5 Å². The zero-order valence-electron chi connectivity index (χ0n) is 29.0. The molecule has 0 radical (unpaired) electrons. The van der Waals surface area contributed by atoms with Gasteiger partial charge in [-0.2, -0.15) is 13.2 Å². The van der Waals surface area contributed by atoms with E-state index < -0.39 is 54.1 Å². The number of alkyl halides is 3. The van der Waals surface area contributed by atoms with Crippen LogP contribution in [-0.4, -0.2) is 70.9 Å². The zero-order valence-corrected chi connectivity index (χ0v) is 29.8. The van der Waals surface area contributed by atoms with Gasteiger partial charge in [0.2, 0.25) is 17.7 Å². The van der Waals surface area contributed by atoms with E-state index in [-0.39, 0.29) is 29.8 Å². The number of benzene rings is 2. The number of para-hydroxylation sites is 1. The molecule has 0 bridgehead atoms. The number of hydrogen-bond acceptors (Lipinski definition) is 8. The molecule has 1 unspecified atom stereocenters. The number of carbonyl (C=O) groups is 3. The number of unbranched alkanes of at least 4 members (excludes halogenated alkanes) is 1. The van der Waals surface area contributed by atoms with Crippen LogP contribution in [0.5, 0.6) is 0 Å². The van der Waals surface area contributed by atoms with Gasteiger partial charge in [0.05, 0.1) is 11.6 Å². The average Bonchev–Trinajstić information content (AvgIpc) is 3.54. The smallest absolute Gasteiger partial charge is 0.361 e. The van der Waals surface area contributed by atoms with E-state index in [2.05, 4.69) is 25.9 Å². The lowest BCUT2D eigenvalue weighted by atomic mass is 10.0. The number of likely N-dealkylation sites (N-methyl/N-ethyl adjacent to an activating group) is 1. The summed E-state index contributed by atoms with van der Waals surface area (Å²) in [6.07, 6.45) is 0.952. The first-order valence-electron chi connectivity index (χ1n) is 17.4. The second kappa shape index (κ2) is 17.9. The summed E-state index contributed by atoms with van der Waals surface area (Å²) >= 11 is 1.05. The van der Waals surface area contributed by atoms with Crippen LogP contribution in [-0.2, 0) is 40.1 Å². The third kappa shape index (κ3) is 9.50. The number of nitrogens with two attached hydrogens (primary N) is 2. The maximum absolute atomic E-state index is 14.5. The molecule has 0 saturated carbocycles. The zero-order chi connectivity index (χ0) is 37.3. The highest BCUT2D eigenvalue weighted by molar-refractivity contribution is 7.99. The fourth-order valence-electron chi connectivity index (χ4n) is 6.37. The number of carbonyl (C=O) groups excluding carboxylic acids is 3. The van der Waals surface area contributed by atoms with E-state index in [1.165, 1.54) is 18.0 Å². The van der Waals surface area contributed by atoms with Crippen molar-refractivity contribution in [3.63, 3.8) is 0 Å². The minimum Gasteiger partial charge on any atom is -0.361 e. The Morgan fingerprint density at radius 1 is 0.904 bits per heavy atom. The largest absolute Gasteiger partial charge is 0.416 e. The molecule has 52 heavy (non-hydrogen) atoms. The molecule has 1 aliphatic heterocycles. The van der Waals surface area contributed by atoms with Gasteiger partial charge in [-0.1, -0.05) is 42.1 Å². The number of aromatic amines is 1. The molecule has 0 aliphatic carbocycles. The number of rotatable bonds is 9. The second-order valence-electron chi connectivity index (χ2n) is 12.8. The number of hydrogen-bond donors (Lipinski definition) is 6. The molecule has 1 aliphatic rings. The fraction of sp³-hybridized carbons (Fsp3) is 0.405. The van der Waals surface area contributed by atoms with Crippen molar-refractivity contribution in [2.24, 2.45) is 11.5 Å². The summed E-state index contributed by atoms with van der Waals surface area (Å²) in [5.41, 5.74) is 12.8. The number of H-pyrrole nitrogens is 1. The molecule has 3 heterocycles. The van der Waals surface area contributed by atoms with Crippen LogP contribution >= 0.6 is 11.8 Å². The van der Waals surface area contributed by atoms with Crippen molar-refractivity contribution < 1.29 is 27.6 Å². The Morgan fingerprint density at radius 3 is 2.44 bits per heavy atom. The van der Waals surface area contributed by atoms with Crippen molar-refractivity contribution in [1.29, 1.82) is 0 Å². The average molecular weight is 739 g/mol. The highest BCUT2D eigenvalue weighted by atomic mass is 32.2. The van der Waals surface area contributed by atoms with Crippen molar-refractivity contribution >= 4 is 40.4 Å². The van der Waals surface area contributed by atoms with Gasteiger partial charge < -0.3 is 37.3 Å². The van der Waals surface area contributed by atoms with Crippen LogP contribution in [0.3, 0.4) is 0 Å². The molecule has 11 nitrogen and oxygen atoms in total. The van der Waals surface area contributed by atoms with Gasteiger partial charge in [0.1, 0.15) is 17.1 Å². The number of fused-ring (bicyclic) bond motifs is 3. The summed E-state index contributed by atoms with van der Waals surface area (Å²) in [6.45, 7) is 0.442. The molecule has 2 aromatic heterocycles. The third-order valence-corrected chi connectivity index (χ3v) is 10.4. The van der Waals surface area contributed by atoms with Crippen LogP contribution in [0.1, 0.15) is 54.4 Å². The van der Waals surface area contributed by atoms with E-state index in [9.17, 15) is 27.6 Å². The monoisotopic (exact) mass is 738 g/mol. The van der Waals surface area contributed by atoms with Crippen LogP contribution in [0, 0.1) is 0 Å². The maximum Gasteiger partial charge on any atom is 0.416 e. The van der Waals surface area contributed by atoms with Gasteiger partial charge in [0, 0.05) is 54.8 Å². The van der Waals surface area contributed by atoms with E-state index >= 15 is 0 Å². The number of pyridine rings is 1. The standard InChI is InChI=1S/C37H45F3N8O3S/c1-48-31(19-24-21-44-28-12-3-2-10-25(24)28)34(50)46-22-26-27(37(38,39)40)11-6-15-32(26)52-35-23(9-8-18-43-35)20-45-29(14-7-17-42)33(49)47-30(36(48)51)13-4-5-16-41/h2-3,6,8-12,15,18,21,29-31,44-45H,4-5,7,13-14,16-17,19-20,22,41-42H2,1H3,(H,46,50)(H,47,49)/t29?,30-,31-/m0/s1. The number of amides is 3. The lowest BCUT2D eigenvalue weighted by molar-refractivity contribution is -0.142. The van der Waals surface area contributed by atoms with E-state index in [1.807, 2.05) is 24.3 Å². The SMILES string of the molecule is CN1C(=O)[C@H](CCCCN)NC(=O)C(CCCN)NCc2cccnc2Sc2cccc(C(F)(F)F)c2CNC(=O)[C@@H]1Cc1c[nH]c2ccccc12.